The van der Waals surface area contributed by atoms with Crippen LogP contribution in [-0.4, -0.2) is 44.4 Å². The van der Waals surface area contributed by atoms with Gasteiger partial charge in [-0.1, -0.05) is 45.4 Å². The Morgan fingerprint density at radius 1 is 1.14 bits per heavy atom. The molecule has 1 atom stereocenters. The number of unbranched alkanes of at least 4 members (excludes halogenated alkanes) is 1. The molecule has 0 radical (unpaired) electrons. The summed E-state index contributed by atoms with van der Waals surface area (Å²) < 4.78 is 17.6. The number of nitrogens with one attached hydrogen (secondary N) is 2. The highest BCUT2D eigenvalue weighted by atomic mass is 79.9. The van der Waals surface area contributed by atoms with Gasteiger partial charge in [0.15, 0.2) is 18.1 Å². The van der Waals surface area contributed by atoms with Crippen LogP contribution in [-0.2, 0) is 9.59 Å². The quantitative estimate of drug-likeness (QED) is 0.192. The Hall–Kier alpha value is -3.07. The Bertz CT molecular complexity index is 1040. The van der Waals surface area contributed by atoms with E-state index in [1.165, 1.54) is 6.21 Å². The van der Waals surface area contributed by atoms with Gasteiger partial charge in [-0.2, -0.15) is 5.10 Å². The number of halogens is 1. The highest BCUT2D eigenvalue weighted by Crippen LogP contribution is 2.36. The Balaban J connectivity index is 2.00. The van der Waals surface area contributed by atoms with Crippen molar-refractivity contribution in [2.45, 2.75) is 53.0 Å². The number of carbonyl (C=O) groups is 2. The number of carbonyl (C=O) groups excluding carboxylic acids is 2. The second-order valence-corrected chi connectivity index (χ2v) is 9.63. The van der Waals surface area contributed by atoms with E-state index in [1.54, 1.807) is 19.2 Å². The first-order valence-corrected chi connectivity index (χ1v) is 12.8. The van der Waals surface area contributed by atoms with Crippen molar-refractivity contribution in [3.8, 4) is 17.2 Å². The van der Waals surface area contributed by atoms with Crippen molar-refractivity contribution < 1.29 is 23.8 Å². The number of para-hydroxylation sites is 1. The van der Waals surface area contributed by atoms with E-state index < -0.39 is 11.9 Å². The summed E-state index contributed by atoms with van der Waals surface area (Å²) in [6.45, 7) is 8.37. The molecule has 0 spiro atoms. The van der Waals surface area contributed by atoms with Gasteiger partial charge in [0.2, 0.25) is 0 Å². The van der Waals surface area contributed by atoms with Crippen LogP contribution in [0.2, 0.25) is 0 Å². The van der Waals surface area contributed by atoms with E-state index in [9.17, 15) is 9.59 Å². The van der Waals surface area contributed by atoms with Crippen LogP contribution >= 0.6 is 15.9 Å². The summed E-state index contributed by atoms with van der Waals surface area (Å²) in [5.74, 6) is 1.21. The van der Waals surface area contributed by atoms with Crippen molar-refractivity contribution in [1.82, 2.24) is 10.7 Å². The number of benzene rings is 2. The summed E-state index contributed by atoms with van der Waals surface area (Å²) in [5, 5.41) is 6.83. The van der Waals surface area contributed by atoms with Gasteiger partial charge in [-0.3, -0.25) is 9.59 Å². The molecule has 0 heterocycles. The number of ether oxygens (including phenoxy) is 3. The van der Waals surface area contributed by atoms with Crippen LogP contribution in [0.25, 0.3) is 0 Å². The molecule has 0 bridgehead atoms. The molecule has 0 aliphatic rings. The maximum absolute atomic E-state index is 12.8. The molecular formula is C27H36BrN3O5. The zero-order valence-corrected chi connectivity index (χ0v) is 23.2. The van der Waals surface area contributed by atoms with Crippen LogP contribution in [0.4, 0.5) is 0 Å². The van der Waals surface area contributed by atoms with Crippen LogP contribution < -0.4 is 25.0 Å². The molecule has 2 aromatic rings. The smallest absolute Gasteiger partial charge is 0.262 e. The summed E-state index contributed by atoms with van der Waals surface area (Å²) in [6, 6.07) is 10.3. The predicted molar refractivity (Wildman–Crippen MR) is 145 cm³/mol. The standard InChI is InChI=1S/C27H36BrN3O5/c1-6-7-12-35-26-21(28)14-20(15-24(26)34-5)16-29-31-27(33)22(13-18(2)3)30-25(32)17-36-23-11-9-8-10-19(23)4/h8-11,14-16,18,22H,6-7,12-13,17H2,1-5H3,(H,30,32)(H,31,33)/b29-16-/t22-/m0/s1. The molecule has 0 saturated carbocycles. The lowest BCUT2D eigenvalue weighted by Crippen LogP contribution is -2.47. The van der Waals surface area contributed by atoms with Crippen molar-refractivity contribution in [1.29, 1.82) is 0 Å². The average molecular weight is 563 g/mol. The Morgan fingerprint density at radius 2 is 1.89 bits per heavy atom. The van der Waals surface area contributed by atoms with E-state index in [-0.39, 0.29) is 18.4 Å². The van der Waals surface area contributed by atoms with Gasteiger partial charge in [0.1, 0.15) is 11.8 Å². The molecule has 196 valence electrons. The zero-order valence-electron chi connectivity index (χ0n) is 21.6. The molecule has 0 fully saturated rings. The fourth-order valence-corrected chi connectivity index (χ4v) is 3.90. The fourth-order valence-electron chi connectivity index (χ4n) is 3.32. The monoisotopic (exact) mass is 561 g/mol. The third-order valence-electron chi connectivity index (χ3n) is 5.20. The molecule has 0 unspecified atom stereocenters. The van der Waals surface area contributed by atoms with Crippen LogP contribution in [0.3, 0.4) is 0 Å². The summed E-state index contributed by atoms with van der Waals surface area (Å²) in [4.78, 5) is 25.3. The van der Waals surface area contributed by atoms with Crippen molar-refractivity contribution in [2.24, 2.45) is 11.0 Å². The van der Waals surface area contributed by atoms with E-state index in [4.69, 9.17) is 14.2 Å². The third-order valence-corrected chi connectivity index (χ3v) is 5.78. The second kappa shape index (κ2) is 15.1. The van der Waals surface area contributed by atoms with E-state index in [0.717, 1.165) is 22.9 Å². The fraction of sp³-hybridized carbons (Fsp3) is 0.444. The zero-order chi connectivity index (χ0) is 26.5. The predicted octanol–water partition coefficient (Wildman–Crippen LogP) is 5.01. The van der Waals surface area contributed by atoms with E-state index in [1.807, 2.05) is 45.0 Å². The number of aryl methyl sites for hydroxylation is 1. The number of hydrogen-bond acceptors (Lipinski definition) is 6. The van der Waals surface area contributed by atoms with Crippen molar-refractivity contribution in [2.75, 3.05) is 20.3 Å². The number of nitrogens with zero attached hydrogens (tertiary/aromatic N) is 1. The van der Waals surface area contributed by atoms with Gasteiger partial charge < -0.3 is 19.5 Å². The molecule has 2 N–H and O–H groups in total. The van der Waals surface area contributed by atoms with Gasteiger partial charge in [0.25, 0.3) is 11.8 Å². The van der Waals surface area contributed by atoms with Gasteiger partial charge in [0.05, 0.1) is 24.4 Å². The first kappa shape index (κ1) is 29.2. The van der Waals surface area contributed by atoms with Crippen molar-refractivity contribution in [3.63, 3.8) is 0 Å². The van der Waals surface area contributed by atoms with Crippen molar-refractivity contribution in [3.05, 3.63) is 52.0 Å². The van der Waals surface area contributed by atoms with E-state index in [0.29, 0.717) is 35.8 Å². The van der Waals surface area contributed by atoms with Gasteiger partial charge >= 0.3 is 0 Å². The topological polar surface area (TPSA) is 98.2 Å². The Kier molecular flexibility index (Phi) is 12.3. The molecule has 0 aromatic heterocycles. The number of hydrazone groups is 1. The summed E-state index contributed by atoms with van der Waals surface area (Å²) in [5.41, 5.74) is 4.16. The molecule has 0 aliphatic carbocycles. The largest absolute Gasteiger partial charge is 0.493 e. The maximum atomic E-state index is 12.8. The summed E-state index contributed by atoms with van der Waals surface area (Å²) >= 11 is 3.51. The highest BCUT2D eigenvalue weighted by molar-refractivity contribution is 9.10. The Morgan fingerprint density at radius 3 is 2.56 bits per heavy atom. The normalized spacial score (nSPS) is 11.9. The third kappa shape index (κ3) is 9.53. The van der Waals surface area contributed by atoms with E-state index >= 15 is 0 Å². The minimum absolute atomic E-state index is 0.183. The molecule has 0 saturated heterocycles. The van der Waals surface area contributed by atoms with Gasteiger partial charge in [-0.15, -0.1) is 0 Å². The number of amides is 2. The molecule has 0 aliphatic heterocycles. The average Bonchev–Trinajstić information content (AvgIpc) is 2.83. The highest BCUT2D eigenvalue weighted by Gasteiger charge is 2.22. The summed E-state index contributed by atoms with van der Waals surface area (Å²) in [6.07, 6.45) is 3.94. The molecule has 36 heavy (non-hydrogen) atoms. The second-order valence-electron chi connectivity index (χ2n) is 8.77. The minimum Gasteiger partial charge on any atom is -0.493 e. The molecule has 8 nitrogen and oxygen atoms in total. The first-order chi connectivity index (χ1) is 17.2. The van der Waals surface area contributed by atoms with Crippen LogP contribution in [0.15, 0.2) is 46.0 Å². The Labute approximate surface area is 221 Å². The molecular weight excluding hydrogens is 526 g/mol. The number of rotatable bonds is 14. The van der Waals surface area contributed by atoms with Crippen LogP contribution in [0.5, 0.6) is 17.2 Å². The molecule has 9 heteroatoms. The lowest BCUT2D eigenvalue weighted by Gasteiger charge is -2.19. The number of methoxy groups -OCH3 is 1. The van der Waals surface area contributed by atoms with Crippen LogP contribution in [0.1, 0.15) is 51.2 Å². The van der Waals surface area contributed by atoms with Gasteiger partial charge in [0, 0.05) is 0 Å². The van der Waals surface area contributed by atoms with Crippen LogP contribution in [0, 0.1) is 12.8 Å². The lowest BCUT2D eigenvalue weighted by atomic mass is 10.0. The molecule has 2 rings (SSSR count). The summed E-state index contributed by atoms with van der Waals surface area (Å²) in [7, 11) is 1.57. The minimum atomic E-state index is -0.745. The maximum Gasteiger partial charge on any atom is 0.262 e. The lowest BCUT2D eigenvalue weighted by molar-refractivity contribution is -0.130. The molecule has 2 aromatic carbocycles. The van der Waals surface area contributed by atoms with Crippen molar-refractivity contribution >= 4 is 34.0 Å². The first-order valence-electron chi connectivity index (χ1n) is 12.1. The van der Waals surface area contributed by atoms with Gasteiger partial charge in [-0.05, 0) is 70.9 Å². The number of hydrogen-bond donors (Lipinski definition) is 2. The SMILES string of the molecule is CCCCOc1c(Br)cc(/C=N\NC(=O)[C@H](CC(C)C)NC(=O)COc2ccccc2C)cc1OC. The molecule has 2 amide bonds. The van der Waals surface area contributed by atoms with E-state index in [2.05, 4.69) is 38.7 Å². The van der Waals surface area contributed by atoms with Gasteiger partial charge in [-0.25, -0.2) is 5.43 Å².